The normalized spacial score (nSPS) is 20.9. The third kappa shape index (κ3) is 9.60. The molecule has 1 heterocycles. The molecule has 300 valence electrons. The Labute approximate surface area is 319 Å². The number of rotatable bonds is 16. The summed E-state index contributed by atoms with van der Waals surface area (Å²) in [6.07, 6.45) is 9.95. The predicted molar refractivity (Wildman–Crippen MR) is 192 cm³/mol. The van der Waals surface area contributed by atoms with E-state index < -0.39 is 87.0 Å². The number of carbonyl (C=O) groups is 7. The fourth-order valence-electron chi connectivity index (χ4n) is 6.25. The molecular formula is C39H48O16. The van der Waals surface area contributed by atoms with Gasteiger partial charge >= 0.3 is 41.8 Å². The zero-order valence-corrected chi connectivity index (χ0v) is 32.9. The third-order valence-electron chi connectivity index (χ3n) is 8.94. The first-order chi connectivity index (χ1) is 26.0. The highest BCUT2D eigenvalue weighted by Crippen LogP contribution is 2.55. The van der Waals surface area contributed by atoms with Crippen LogP contribution in [0.15, 0.2) is 81.6 Å². The Balaban J connectivity index is 3.28. The lowest BCUT2D eigenvalue weighted by molar-refractivity contribution is -0.152. The van der Waals surface area contributed by atoms with E-state index in [1.54, 1.807) is 0 Å². The molecule has 0 saturated carbocycles. The van der Waals surface area contributed by atoms with Crippen molar-refractivity contribution in [3.8, 4) is 0 Å². The van der Waals surface area contributed by atoms with E-state index in [1.165, 1.54) is 12.2 Å². The summed E-state index contributed by atoms with van der Waals surface area (Å²) in [5.41, 5.74) is -4.26. The molecule has 0 saturated heterocycles. The molecule has 0 spiro atoms. The summed E-state index contributed by atoms with van der Waals surface area (Å²) in [7, 11) is 8.22. The zero-order valence-electron chi connectivity index (χ0n) is 32.9. The van der Waals surface area contributed by atoms with Gasteiger partial charge in [0.25, 0.3) is 5.95 Å². The van der Waals surface area contributed by atoms with Crippen molar-refractivity contribution in [2.24, 2.45) is 16.7 Å². The van der Waals surface area contributed by atoms with Crippen LogP contribution in [-0.2, 0) is 76.2 Å². The molecule has 1 aliphatic carbocycles. The van der Waals surface area contributed by atoms with Gasteiger partial charge in [-0.2, -0.15) is 0 Å². The summed E-state index contributed by atoms with van der Waals surface area (Å²) >= 11 is 0. The van der Waals surface area contributed by atoms with Crippen LogP contribution in [0, 0.1) is 16.7 Å². The molecular weight excluding hydrogens is 724 g/mol. The summed E-state index contributed by atoms with van der Waals surface area (Å²) in [4.78, 5) is 94.4. The van der Waals surface area contributed by atoms with Crippen LogP contribution in [0.3, 0.4) is 0 Å². The molecule has 0 aromatic rings. The summed E-state index contributed by atoms with van der Waals surface area (Å²) < 4.78 is 46.4. The molecule has 0 fully saturated rings. The maximum absolute atomic E-state index is 14.0. The van der Waals surface area contributed by atoms with Crippen molar-refractivity contribution in [2.75, 3.05) is 56.9 Å². The van der Waals surface area contributed by atoms with E-state index in [2.05, 4.69) is 6.08 Å². The third-order valence-corrected chi connectivity index (χ3v) is 8.94. The molecule has 0 amide bonds. The van der Waals surface area contributed by atoms with Gasteiger partial charge in [0, 0.05) is 17.1 Å². The molecule has 16 nitrogen and oxygen atoms in total. The summed E-state index contributed by atoms with van der Waals surface area (Å²) in [5, 5.41) is 0. The lowest BCUT2D eigenvalue weighted by atomic mass is 9.60. The Bertz CT molecular complexity index is 1780. The summed E-state index contributed by atoms with van der Waals surface area (Å²) in [5.74, 6) is -11.2. The molecule has 2 aliphatic rings. The Morgan fingerprint density at radius 1 is 0.727 bits per heavy atom. The Kier molecular flexibility index (Phi) is 16.4. The molecule has 16 heteroatoms. The van der Waals surface area contributed by atoms with Crippen LogP contribution < -0.4 is 0 Å². The van der Waals surface area contributed by atoms with Crippen LogP contribution in [0.1, 0.15) is 46.5 Å². The number of hydrogen-bond donors (Lipinski definition) is 0. The number of hydrogen-bond acceptors (Lipinski definition) is 16. The first kappa shape index (κ1) is 45.2. The van der Waals surface area contributed by atoms with Gasteiger partial charge in [-0.05, 0) is 46.5 Å². The standard InChI is InChI=1S/C39H48O16/c1-22(2)14-12-15-23(3)16-13-17-38(29-27(33(43)50-7)28(34(44)51-8)30(35(45)52-9)55-36(29)53-10)18-19-39(37(46)54-11,25(21-38)32(42)49-6)24(31(41)48-5)20-26(40)47-4/h14,16,18-21,27H,12-13,15,17H2,1-11H3. The van der Waals surface area contributed by atoms with Gasteiger partial charge in [0.2, 0.25) is 5.76 Å². The summed E-state index contributed by atoms with van der Waals surface area (Å²) in [6, 6.07) is 0. The highest BCUT2D eigenvalue weighted by atomic mass is 16.7. The summed E-state index contributed by atoms with van der Waals surface area (Å²) in [6.45, 7) is 5.89. The van der Waals surface area contributed by atoms with Crippen LogP contribution in [0.5, 0.6) is 0 Å². The van der Waals surface area contributed by atoms with E-state index in [9.17, 15) is 33.6 Å². The molecule has 1 aliphatic heterocycles. The number of esters is 7. The fourth-order valence-corrected chi connectivity index (χ4v) is 6.25. The Morgan fingerprint density at radius 3 is 1.87 bits per heavy atom. The van der Waals surface area contributed by atoms with Crippen molar-refractivity contribution in [3.05, 3.63) is 81.6 Å². The van der Waals surface area contributed by atoms with Crippen molar-refractivity contribution < 1.29 is 76.2 Å². The lowest BCUT2D eigenvalue weighted by Gasteiger charge is -2.43. The number of methoxy groups -OCH3 is 8. The first-order valence-corrected chi connectivity index (χ1v) is 16.8. The number of ether oxygens (including phenoxy) is 9. The maximum Gasteiger partial charge on any atom is 0.374 e. The van der Waals surface area contributed by atoms with Gasteiger partial charge in [-0.3, -0.25) is 9.59 Å². The largest absolute Gasteiger partial charge is 0.468 e. The van der Waals surface area contributed by atoms with E-state index in [-0.39, 0.29) is 18.4 Å². The molecule has 2 rings (SSSR count). The minimum Gasteiger partial charge on any atom is -0.468 e. The molecule has 55 heavy (non-hydrogen) atoms. The lowest BCUT2D eigenvalue weighted by Crippen LogP contribution is -2.46. The van der Waals surface area contributed by atoms with Crippen molar-refractivity contribution in [3.63, 3.8) is 0 Å². The van der Waals surface area contributed by atoms with Crippen LogP contribution >= 0.6 is 0 Å². The molecule has 0 aromatic carbocycles. The van der Waals surface area contributed by atoms with E-state index in [0.717, 1.165) is 80.5 Å². The Morgan fingerprint density at radius 2 is 1.36 bits per heavy atom. The molecule has 3 unspecified atom stereocenters. The average molecular weight is 773 g/mol. The Hall–Kier alpha value is -5.93. The number of allylic oxidation sites excluding steroid dienone is 6. The molecule has 0 aromatic heterocycles. The van der Waals surface area contributed by atoms with Gasteiger partial charge in [-0.15, -0.1) is 0 Å². The number of carbonyl (C=O) groups excluding carboxylic acids is 7. The second kappa shape index (κ2) is 19.9. The SMILES string of the molecule is COC(=O)C=C(C(=O)OC)C1(C(=O)OC)C=CC(CCC=C(C)CCC=C(C)C)(C2=C(OC)OC(C(=O)OC)=C(C(=O)OC)C2C(=O)OC)C=C1C(=O)OC. The van der Waals surface area contributed by atoms with Gasteiger partial charge in [0.15, 0.2) is 0 Å². The van der Waals surface area contributed by atoms with Crippen molar-refractivity contribution in [1.82, 2.24) is 0 Å². The highest BCUT2D eigenvalue weighted by molar-refractivity contribution is 6.11. The van der Waals surface area contributed by atoms with E-state index in [1.807, 2.05) is 26.8 Å². The molecule has 0 radical (unpaired) electrons. The van der Waals surface area contributed by atoms with Gasteiger partial charge in [-0.25, -0.2) is 24.0 Å². The van der Waals surface area contributed by atoms with Crippen LogP contribution in [0.2, 0.25) is 0 Å². The highest BCUT2D eigenvalue weighted by Gasteiger charge is 2.58. The minimum atomic E-state index is -2.52. The van der Waals surface area contributed by atoms with Gasteiger partial charge in [0.1, 0.15) is 16.9 Å². The van der Waals surface area contributed by atoms with E-state index >= 15 is 0 Å². The predicted octanol–water partition coefficient (Wildman–Crippen LogP) is 3.82. The topological polar surface area (TPSA) is 203 Å². The first-order valence-electron chi connectivity index (χ1n) is 16.8. The second-order valence-electron chi connectivity index (χ2n) is 12.4. The minimum absolute atomic E-state index is 0.0451. The molecule has 0 N–H and O–H groups in total. The average Bonchev–Trinajstić information content (AvgIpc) is 3.19. The zero-order chi connectivity index (χ0) is 41.7. The molecule has 0 bridgehead atoms. The van der Waals surface area contributed by atoms with Gasteiger partial charge in [0.05, 0.1) is 68.0 Å². The van der Waals surface area contributed by atoms with E-state index in [4.69, 9.17) is 42.6 Å². The van der Waals surface area contributed by atoms with Crippen LogP contribution in [0.25, 0.3) is 0 Å². The monoisotopic (exact) mass is 772 g/mol. The van der Waals surface area contributed by atoms with Crippen molar-refractivity contribution in [1.29, 1.82) is 0 Å². The quantitative estimate of drug-likeness (QED) is 0.0947. The van der Waals surface area contributed by atoms with Gasteiger partial charge in [-0.1, -0.05) is 41.5 Å². The van der Waals surface area contributed by atoms with E-state index in [0.29, 0.717) is 12.5 Å². The van der Waals surface area contributed by atoms with Crippen molar-refractivity contribution in [2.45, 2.75) is 46.5 Å². The van der Waals surface area contributed by atoms with Crippen LogP contribution in [0.4, 0.5) is 0 Å². The molecule has 3 atom stereocenters. The fraction of sp³-hybridized carbons (Fsp3) is 0.462. The maximum atomic E-state index is 14.0. The second-order valence-corrected chi connectivity index (χ2v) is 12.4. The van der Waals surface area contributed by atoms with Crippen LogP contribution in [-0.4, -0.2) is 98.7 Å². The van der Waals surface area contributed by atoms with Gasteiger partial charge < -0.3 is 42.6 Å². The van der Waals surface area contributed by atoms with Crippen molar-refractivity contribution >= 4 is 41.8 Å². The smallest absolute Gasteiger partial charge is 0.374 e.